The molecule has 3 N–H and O–H groups in total. The number of nitrogens with two attached hydrogens (primary N) is 1. The van der Waals surface area contributed by atoms with E-state index in [-0.39, 0.29) is 11.0 Å². The predicted molar refractivity (Wildman–Crippen MR) is 87.2 cm³/mol. The molecule has 0 radical (unpaired) electrons. The Morgan fingerprint density at radius 2 is 2.04 bits per heavy atom. The monoisotopic (exact) mass is 332 g/mol. The van der Waals surface area contributed by atoms with Crippen LogP contribution in [0.3, 0.4) is 0 Å². The average Bonchev–Trinajstić information content (AvgIpc) is 2.96. The molecule has 3 atom stereocenters. The predicted octanol–water partition coefficient (Wildman–Crippen LogP) is 0.921. The SMILES string of the molecule is NC1NC2(c3ccncc3)CN(c3ncc(F)cn3)CC2CS1. The van der Waals surface area contributed by atoms with E-state index in [2.05, 4.69) is 25.2 Å². The molecule has 2 aromatic rings. The normalized spacial score (nSPS) is 30.3. The van der Waals surface area contributed by atoms with Crippen LogP contribution in [0.5, 0.6) is 0 Å². The Hall–Kier alpha value is -1.77. The van der Waals surface area contributed by atoms with E-state index >= 15 is 0 Å². The fraction of sp³-hybridized carbons (Fsp3) is 0.400. The molecule has 0 amide bonds. The summed E-state index contributed by atoms with van der Waals surface area (Å²) in [7, 11) is 0. The number of nitrogens with one attached hydrogen (secondary N) is 1. The first-order chi connectivity index (χ1) is 11.2. The van der Waals surface area contributed by atoms with Gasteiger partial charge >= 0.3 is 0 Å². The lowest BCUT2D eigenvalue weighted by atomic mass is 9.81. The molecule has 6 nitrogen and oxygen atoms in total. The van der Waals surface area contributed by atoms with E-state index < -0.39 is 5.82 Å². The lowest BCUT2D eigenvalue weighted by Crippen LogP contribution is -2.59. The Balaban J connectivity index is 1.70. The summed E-state index contributed by atoms with van der Waals surface area (Å²) in [6.45, 7) is 1.50. The van der Waals surface area contributed by atoms with Gasteiger partial charge in [0.05, 0.1) is 17.9 Å². The Morgan fingerprint density at radius 3 is 2.78 bits per heavy atom. The number of halogens is 1. The fourth-order valence-corrected chi connectivity index (χ4v) is 4.59. The summed E-state index contributed by atoms with van der Waals surface area (Å²) in [4.78, 5) is 14.5. The summed E-state index contributed by atoms with van der Waals surface area (Å²) in [5.74, 6) is 1.44. The van der Waals surface area contributed by atoms with Crippen LogP contribution in [-0.4, -0.2) is 39.3 Å². The highest BCUT2D eigenvalue weighted by Gasteiger charge is 2.51. The Morgan fingerprint density at radius 1 is 1.30 bits per heavy atom. The van der Waals surface area contributed by atoms with Crippen molar-refractivity contribution in [2.24, 2.45) is 11.7 Å². The van der Waals surface area contributed by atoms with Gasteiger partial charge in [-0.3, -0.25) is 10.3 Å². The van der Waals surface area contributed by atoms with E-state index in [0.717, 1.165) is 17.9 Å². The molecule has 0 aliphatic carbocycles. The number of thioether (sulfide) groups is 1. The number of fused-ring (bicyclic) bond motifs is 1. The smallest absolute Gasteiger partial charge is 0.225 e. The first-order valence-electron chi connectivity index (χ1n) is 7.45. The van der Waals surface area contributed by atoms with Crippen molar-refractivity contribution in [2.45, 2.75) is 11.0 Å². The van der Waals surface area contributed by atoms with Crippen LogP contribution in [0.15, 0.2) is 36.9 Å². The largest absolute Gasteiger partial charge is 0.338 e. The highest BCUT2D eigenvalue weighted by Crippen LogP contribution is 2.43. The maximum Gasteiger partial charge on any atom is 0.225 e. The van der Waals surface area contributed by atoms with Gasteiger partial charge in [0, 0.05) is 37.2 Å². The summed E-state index contributed by atoms with van der Waals surface area (Å²) >= 11 is 1.71. The van der Waals surface area contributed by atoms with Crippen LogP contribution in [-0.2, 0) is 5.54 Å². The molecule has 0 aromatic carbocycles. The van der Waals surface area contributed by atoms with Crippen molar-refractivity contribution in [1.82, 2.24) is 20.3 Å². The minimum atomic E-state index is -0.426. The molecule has 0 spiro atoms. The maximum absolute atomic E-state index is 13.1. The summed E-state index contributed by atoms with van der Waals surface area (Å²) in [6.07, 6.45) is 6.01. The Bertz CT molecular complexity index is 684. The summed E-state index contributed by atoms with van der Waals surface area (Å²) in [5, 5.41) is 3.56. The summed E-state index contributed by atoms with van der Waals surface area (Å²) < 4.78 is 13.1. The van der Waals surface area contributed by atoms with Gasteiger partial charge in [-0.1, -0.05) is 0 Å². The van der Waals surface area contributed by atoms with Crippen LogP contribution < -0.4 is 16.0 Å². The minimum Gasteiger partial charge on any atom is -0.338 e. The number of nitrogens with zero attached hydrogens (tertiary/aromatic N) is 4. The maximum atomic E-state index is 13.1. The van der Waals surface area contributed by atoms with Gasteiger partial charge in [-0.2, -0.15) is 0 Å². The van der Waals surface area contributed by atoms with Crippen molar-refractivity contribution in [2.75, 3.05) is 23.7 Å². The van der Waals surface area contributed by atoms with E-state index in [4.69, 9.17) is 5.73 Å². The van der Waals surface area contributed by atoms with Crippen molar-refractivity contribution in [3.63, 3.8) is 0 Å². The van der Waals surface area contributed by atoms with E-state index in [0.29, 0.717) is 18.4 Å². The molecule has 3 unspecified atom stereocenters. The van der Waals surface area contributed by atoms with Gasteiger partial charge in [0.2, 0.25) is 5.95 Å². The molecule has 2 fully saturated rings. The van der Waals surface area contributed by atoms with Gasteiger partial charge in [-0.15, -0.1) is 11.8 Å². The third kappa shape index (κ3) is 2.56. The van der Waals surface area contributed by atoms with Crippen molar-refractivity contribution >= 4 is 17.7 Å². The zero-order valence-electron chi connectivity index (χ0n) is 12.4. The zero-order chi connectivity index (χ0) is 15.9. The van der Waals surface area contributed by atoms with Crippen LogP contribution >= 0.6 is 11.8 Å². The molecule has 2 aliphatic rings. The molecule has 4 rings (SSSR count). The van der Waals surface area contributed by atoms with Gasteiger partial charge < -0.3 is 10.6 Å². The standard InChI is InChI=1S/C15H17FN6S/c16-12-5-19-14(20-6-12)22-7-11-8-23-13(17)21-15(11,9-22)10-1-3-18-4-2-10/h1-6,11,13,21H,7-9,17H2. The second kappa shape index (κ2) is 5.70. The molecule has 0 bridgehead atoms. The molecule has 2 saturated heterocycles. The third-order valence-electron chi connectivity index (χ3n) is 4.54. The third-order valence-corrected chi connectivity index (χ3v) is 5.61. The lowest BCUT2D eigenvalue weighted by Gasteiger charge is -2.42. The molecular formula is C15H17FN6S. The van der Waals surface area contributed by atoms with Crippen molar-refractivity contribution in [1.29, 1.82) is 0 Å². The van der Waals surface area contributed by atoms with Crippen molar-refractivity contribution < 1.29 is 4.39 Å². The van der Waals surface area contributed by atoms with E-state index in [1.807, 2.05) is 12.1 Å². The van der Waals surface area contributed by atoms with Gasteiger partial charge in [0.15, 0.2) is 5.82 Å². The Labute approximate surface area is 137 Å². The number of hydrogen-bond donors (Lipinski definition) is 2. The first kappa shape index (κ1) is 14.8. The zero-order valence-corrected chi connectivity index (χ0v) is 13.2. The molecule has 120 valence electrons. The number of hydrogen-bond acceptors (Lipinski definition) is 7. The Kier molecular flexibility index (Phi) is 3.67. The molecule has 2 aromatic heterocycles. The number of pyridine rings is 1. The van der Waals surface area contributed by atoms with Crippen LogP contribution in [0.4, 0.5) is 10.3 Å². The average molecular weight is 332 g/mol. The van der Waals surface area contributed by atoms with Gasteiger partial charge in [-0.25, -0.2) is 14.4 Å². The molecule has 23 heavy (non-hydrogen) atoms. The lowest BCUT2D eigenvalue weighted by molar-refractivity contribution is 0.274. The van der Waals surface area contributed by atoms with Crippen molar-refractivity contribution in [3.8, 4) is 0 Å². The fourth-order valence-electron chi connectivity index (χ4n) is 3.47. The van der Waals surface area contributed by atoms with Gasteiger partial charge in [0.25, 0.3) is 0 Å². The molecule has 8 heteroatoms. The molecule has 0 saturated carbocycles. The number of aromatic nitrogens is 3. The van der Waals surface area contributed by atoms with Gasteiger partial charge in [0.1, 0.15) is 5.50 Å². The van der Waals surface area contributed by atoms with Crippen LogP contribution in [0, 0.1) is 11.7 Å². The van der Waals surface area contributed by atoms with Crippen LogP contribution in [0.2, 0.25) is 0 Å². The molecular weight excluding hydrogens is 315 g/mol. The van der Waals surface area contributed by atoms with E-state index in [9.17, 15) is 4.39 Å². The van der Waals surface area contributed by atoms with Crippen LogP contribution in [0.1, 0.15) is 5.56 Å². The number of rotatable bonds is 2. The van der Waals surface area contributed by atoms with Gasteiger partial charge in [-0.05, 0) is 17.7 Å². The summed E-state index contributed by atoms with van der Waals surface area (Å²) in [5.41, 5.74) is 6.94. The highest BCUT2D eigenvalue weighted by molar-refractivity contribution is 7.99. The first-order valence-corrected chi connectivity index (χ1v) is 8.50. The van der Waals surface area contributed by atoms with E-state index in [1.54, 1.807) is 24.2 Å². The van der Waals surface area contributed by atoms with Crippen LogP contribution in [0.25, 0.3) is 0 Å². The molecule has 4 heterocycles. The quantitative estimate of drug-likeness (QED) is 0.846. The van der Waals surface area contributed by atoms with Crippen molar-refractivity contribution in [3.05, 3.63) is 48.3 Å². The second-order valence-corrected chi connectivity index (χ2v) is 7.06. The van der Waals surface area contributed by atoms with E-state index in [1.165, 1.54) is 12.4 Å². The minimum absolute atomic E-state index is 0.117. The second-order valence-electron chi connectivity index (χ2n) is 5.88. The molecule has 2 aliphatic heterocycles. The topological polar surface area (TPSA) is 80.0 Å². The number of anilines is 1. The summed E-state index contributed by atoms with van der Waals surface area (Å²) in [6, 6.07) is 4.05. The highest BCUT2D eigenvalue weighted by atomic mass is 32.2.